The second-order valence-electron chi connectivity index (χ2n) is 5.30. The number of hydrogen-bond acceptors (Lipinski definition) is 2. The molecule has 3 atom stereocenters. The molecule has 100 valence electrons. The zero-order valence-electron chi connectivity index (χ0n) is 11.8. The zero-order valence-corrected chi connectivity index (χ0v) is 11.8. The third-order valence-corrected chi connectivity index (χ3v) is 3.97. The number of para-hydroxylation sites is 1. The zero-order chi connectivity index (χ0) is 13.0. The van der Waals surface area contributed by atoms with Crippen LogP contribution in [0.4, 0.5) is 0 Å². The number of nitrogens with one attached hydrogen (secondary N) is 1. The fourth-order valence-electron chi connectivity index (χ4n) is 3.10. The summed E-state index contributed by atoms with van der Waals surface area (Å²) in [6.07, 6.45) is 2.52. The van der Waals surface area contributed by atoms with E-state index in [0.29, 0.717) is 17.9 Å². The molecule has 1 N–H and O–H groups in total. The minimum Gasteiger partial charge on any atom is -0.493 e. The van der Waals surface area contributed by atoms with Crippen molar-refractivity contribution in [2.24, 2.45) is 5.92 Å². The minimum atomic E-state index is 0.502. The number of fused-ring (bicyclic) bond motifs is 1. The molecule has 0 spiro atoms. The van der Waals surface area contributed by atoms with Gasteiger partial charge in [0.15, 0.2) is 0 Å². The molecule has 0 saturated carbocycles. The molecule has 1 heterocycles. The van der Waals surface area contributed by atoms with Crippen molar-refractivity contribution in [3.63, 3.8) is 0 Å². The first-order chi connectivity index (χ1) is 8.77. The maximum absolute atomic E-state index is 5.83. The van der Waals surface area contributed by atoms with E-state index in [1.165, 1.54) is 18.4 Å². The Labute approximate surface area is 111 Å². The van der Waals surface area contributed by atoms with E-state index in [-0.39, 0.29) is 0 Å². The lowest BCUT2D eigenvalue weighted by Crippen LogP contribution is -2.40. The SMILES string of the molecule is CCCC(C)C(NCC)C1COc2ccccc21. The first-order valence-electron chi connectivity index (χ1n) is 7.23. The van der Waals surface area contributed by atoms with Crippen LogP contribution in [0.5, 0.6) is 5.75 Å². The van der Waals surface area contributed by atoms with Crippen LogP contribution in [0, 0.1) is 5.92 Å². The van der Waals surface area contributed by atoms with E-state index in [1.807, 2.05) is 0 Å². The predicted molar refractivity (Wildman–Crippen MR) is 76.2 cm³/mol. The molecule has 1 aliphatic heterocycles. The fourth-order valence-corrected chi connectivity index (χ4v) is 3.10. The molecule has 1 aliphatic rings. The molecular formula is C16H25NO. The summed E-state index contributed by atoms with van der Waals surface area (Å²) < 4.78 is 5.83. The van der Waals surface area contributed by atoms with Crippen molar-refractivity contribution >= 4 is 0 Å². The van der Waals surface area contributed by atoms with Crippen molar-refractivity contribution in [1.82, 2.24) is 5.32 Å². The highest BCUT2D eigenvalue weighted by Crippen LogP contribution is 2.38. The summed E-state index contributed by atoms with van der Waals surface area (Å²) in [5.74, 6) is 2.27. The Morgan fingerprint density at radius 2 is 2.11 bits per heavy atom. The molecule has 1 aromatic rings. The molecule has 0 amide bonds. The van der Waals surface area contributed by atoms with Crippen LogP contribution >= 0.6 is 0 Å². The summed E-state index contributed by atoms with van der Waals surface area (Å²) >= 11 is 0. The molecule has 2 nitrogen and oxygen atoms in total. The van der Waals surface area contributed by atoms with E-state index in [1.54, 1.807) is 0 Å². The van der Waals surface area contributed by atoms with Crippen LogP contribution in [0.3, 0.4) is 0 Å². The fraction of sp³-hybridized carbons (Fsp3) is 0.625. The monoisotopic (exact) mass is 247 g/mol. The number of hydrogen-bond donors (Lipinski definition) is 1. The lowest BCUT2D eigenvalue weighted by atomic mass is 9.83. The van der Waals surface area contributed by atoms with Gasteiger partial charge in [0.2, 0.25) is 0 Å². The molecular weight excluding hydrogens is 222 g/mol. The van der Waals surface area contributed by atoms with E-state index in [2.05, 4.69) is 50.4 Å². The van der Waals surface area contributed by atoms with Gasteiger partial charge in [-0.25, -0.2) is 0 Å². The van der Waals surface area contributed by atoms with Crippen LogP contribution in [0.2, 0.25) is 0 Å². The molecule has 0 aromatic heterocycles. The third kappa shape index (κ3) is 2.69. The van der Waals surface area contributed by atoms with Gasteiger partial charge in [-0.1, -0.05) is 45.4 Å². The average Bonchev–Trinajstić information content (AvgIpc) is 2.80. The minimum absolute atomic E-state index is 0.502. The Morgan fingerprint density at radius 3 is 2.83 bits per heavy atom. The Bertz CT molecular complexity index is 377. The van der Waals surface area contributed by atoms with Crippen LogP contribution < -0.4 is 10.1 Å². The second kappa shape index (κ2) is 6.24. The van der Waals surface area contributed by atoms with E-state index in [9.17, 15) is 0 Å². The Kier molecular flexibility index (Phi) is 4.65. The van der Waals surface area contributed by atoms with Gasteiger partial charge in [-0.3, -0.25) is 0 Å². The van der Waals surface area contributed by atoms with Gasteiger partial charge in [-0.15, -0.1) is 0 Å². The Morgan fingerprint density at radius 1 is 1.33 bits per heavy atom. The maximum atomic E-state index is 5.83. The van der Waals surface area contributed by atoms with Gasteiger partial charge in [0.25, 0.3) is 0 Å². The van der Waals surface area contributed by atoms with E-state index in [4.69, 9.17) is 4.74 Å². The highest BCUT2D eigenvalue weighted by Gasteiger charge is 2.33. The first-order valence-corrected chi connectivity index (χ1v) is 7.23. The largest absolute Gasteiger partial charge is 0.493 e. The lowest BCUT2D eigenvalue weighted by Gasteiger charge is -2.29. The van der Waals surface area contributed by atoms with Gasteiger partial charge in [-0.2, -0.15) is 0 Å². The summed E-state index contributed by atoms with van der Waals surface area (Å²) in [5, 5.41) is 3.67. The molecule has 2 heteroatoms. The predicted octanol–water partition coefficient (Wildman–Crippen LogP) is 3.58. The maximum Gasteiger partial charge on any atom is 0.122 e. The summed E-state index contributed by atoms with van der Waals surface area (Å²) in [6, 6.07) is 9.00. The van der Waals surface area contributed by atoms with Crippen LogP contribution in [0.25, 0.3) is 0 Å². The van der Waals surface area contributed by atoms with Crippen molar-refractivity contribution in [1.29, 1.82) is 0 Å². The molecule has 0 saturated heterocycles. The molecule has 0 aliphatic carbocycles. The average molecular weight is 247 g/mol. The molecule has 1 aromatic carbocycles. The van der Waals surface area contributed by atoms with Crippen LogP contribution in [0.1, 0.15) is 45.1 Å². The van der Waals surface area contributed by atoms with Gasteiger partial charge in [-0.05, 0) is 24.9 Å². The van der Waals surface area contributed by atoms with Gasteiger partial charge in [0, 0.05) is 17.5 Å². The third-order valence-electron chi connectivity index (χ3n) is 3.97. The highest BCUT2D eigenvalue weighted by molar-refractivity contribution is 5.40. The lowest BCUT2D eigenvalue weighted by molar-refractivity contribution is 0.255. The summed E-state index contributed by atoms with van der Waals surface area (Å²) in [7, 11) is 0. The van der Waals surface area contributed by atoms with Gasteiger partial charge in [0.05, 0.1) is 6.61 Å². The van der Waals surface area contributed by atoms with Gasteiger partial charge in [0.1, 0.15) is 5.75 Å². The van der Waals surface area contributed by atoms with Crippen LogP contribution in [0.15, 0.2) is 24.3 Å². The second-order valence-corrected chi connectivity index (χ2v) is 5.30. The normalized spacial score (nSPS) is 21.2. The molecule has 0 fully saturated rings. The van der Waals surface area contributed by atoms with Gasteiger partial charge < -0.3 is 10.1 Å². The molecule has 3 unspecified atom stereocenters. The van der Waals surface area contributed by atoms with Crippen molar-refractivity contribution in [3.05, 3.63) is 29.8 Å². The standard InChI is InChI=1S/C16H25NO/c1-4-8-12(3)16(17-5-2)14-11-18-15-10-7-6-9-13(14)15/h6-7,9-10,12,14,16-17H,4-5,8,11H2,1-3H3. The Hall–Kier alpha value is -1.02. The van der Waals surface area contributed by atoms with Crippen molar-refractivity contribution in [2.45, 2.75) is 45.6 Å². The molecule has 0 bridgehead atoms. The van der Waals surface area contributed by atoms with E-state index >= 15 is 0 Å². The highest BCUT2D eigenvalue weighted by atomic mass is 16.5. The van der Waals surface area contributed by atoms with Crippen molar-refractivity contribution < 1.29 is 4.74 Å². The molecule has 0 radical (unpaired) electrons. The topological polar surface area (TPSA) is 21.3 Å². The Balaban J connectivity index is 2.17. The summed E-state index contributed by atoms with van der Waals surface area (Å²) in [4.78, 5) is 0. The smallest absolute Gasteiger partial charge is 0.122 e. The van der Waals surface area contributed by atoms with E-state index < -0.39 is 0 Å². The molecule has 2 rings (SSSR count). The van der Waals surface area contributed by atoms with Crippen molar-refractivity contribution in [2.75, 3.05) is 13.2 Å². The quantitative estimate of drug-likeness (QED) is 0.829. The van der Waals surface area contributed by atoms with Crippen LogP contribution in [-0.2, 0) is 0 Å². The number of likely N-dealkylation sites (N-methyl/N-ethyl adjacent to an activating group) is 1. The number of benzene rings is 1. The summed E-state index contributed by atoms with van der Waals surface area (Å²) in [6.45, 7) is 8.66. The van der Waals surface area contributed by atoms with E-state index in [0.717, 1.165) is 18.9 Å². The number of rotatable bonds is 6. The van der Waals surface area contributed by atoms with Crippen LogP contribution in [-0.4, -0.2) is 19.2 Å². The van der Waals surface area contributed by atoms with Crippen molar-refractivity contribution in [3.8, 4) is 5.75 Å². The first kappa shape index (κ1) is 13.4. The molecule has 18 heavy (non-hydrogen) atoms. The number of ether oxygens (including phenoxy) is 1. The summed E-state index contributed by atoms with van der Waals surface area (Å²) in [5.41, 5.74) is 1.38. The van der Waals surface area contributed by atoms with Gasteiger partial charge >= 0.3 is 0 Å².